The van der Waals surface area contributed by atoms with Gasteiger partial charge in [0, 0.05) is 24.1 Å². The first kappa shape index (κ1) is 21.0. The van der Waals surface area contributed by atoms with Crippen LogP contribution in [-0.2, 0) is 19.6 Å². The Morgan fingerprint density at radius 1 is 1.23 bits per heavy atom. The number of anilines is 1. The molecule has 0 radical (unpaired) electrons. The lowest BCUT2D eigenvalue weighted by Crippen LogP contribution is -2.08. The summed E-state index contributed by atoms with van der Waals surface area (Å²) in [5, 5.41) is 8.89. The third-order valence-electron chi connectivity index (χ3n) is 4.70. The number of halogens is 3. The van der Waals surface area contributed by atoms with Crippen molar-refractivity contribution in [3.63, 3.8) is 0 Å². The van der Waals surface area contributed by atoms with Gasteiger partial charge in [-0.15, -0.1) is 0 Å². The number of hydrogen-bond donors (Lipinski definition) is 2. The van der Waals surface area contributed by atoms with Crippen molar-refractivity contribution in [1.82, 2.24) is 19.7 Å². The number of nitrogens with two attached hydrogens (primary N) is 1. The van der Waals surface area contributed by atoms with Gasteiger partial charge in [-0.3, -0.25) is 4.68 Å². The Kier molecular flexibility index (Phi) is 5.48. The van der Waals surface area contributed by atoms with Gasteiger partial charge < -0.3 is 11.1 Å². The van der Waals surface area contributed by atoms with Crippen molar-refractivity contribution < 1.29 is 13.2 Å². The van der Waals surface area contributed by atoms with Gasteiger partial charge >= 0.3 is 6.18 Å². The highest BCUT2D eigenvalue weighted by atomic mass is 32.2. The molecule has 0 atom stereocenters. The Labute approximate surface area is 180 Å². The second kappa shape index (κ2) is 8.10. The number of rotatable bonds is 5. The summed E-state index contributed by atoms with van der Waals surface area (Å²) in [7, 11) is 1.76. The predicted molar refractivity (Wildman–Crippen MR) is 116 cm³/mol. The van der Waals surface area contributed by atoms with Gasteiger partial charge in [-0.25, -0.2) is 9.97 Å². The molecular weight excluding hydrogens is 425 g/mol. The summed E-state index contributed by atoms with van der Waals surface area (Å²) in [6.45, 7) is 4.09. The Hall–Kier alpha value is -3.27. The van der Waals surface area contributed by atoms with Crippen molar-refractivity contribution in [2.24, 2.45) is 12.8 Å². The van der Waals surface area contributed by atoms with Gasteiger partial charge in [-0.05, 0) is 24.1 Å². The predicted octanol–water partition coefficient (Wildman–Crippen LogP) is 4.72. The number of benzene rings is 1. The largest absolute Gasteiger partial charge is 0.416 e. The van der Waals surface area contributed by atoms with Crippen LogP contribution in [0, 0.1) is 0 Å². The smallest absolute Gasteiger partial charge is 0.394 e. The second-order valence-electron chi connectivity index (χ2n) is 6.98. The summed E-state index contributed by atoms with van der Waals surface area (Å²) in [6, 6.07) is 4.99. The number of allylic oxidation sites excluding steroid dienone is 2. The molecule has 0 saturated carbocycles. The fraction of sp³-hybridized carbons (Fsp3) is 0.190. The molecule has 10 heteroatoms. The van der Waals surface area contributed by atoms with E-state index in [1.54, 1.807) is 17.9 Å². The Morgan fingerprint density at radius 3 is 2.65 bits per heavy atom. The molecule has 4 rings (SSSR count). The number of fused-ring (bicyclic) bond motifs is 1. The van der Waals surface area contributed by atoms with Crippen LogP contribution in [0.5, 0.6) is 0 Å². The molecule has 1 aliphatic rings. The average molecular weight is 444 g/mol. The van der Waals surface area contributed by atoms with Crippen molar-refractivity contribution in [3.8, 4) is 0 Å². The highest BCUT2D eigenvalue weighted by molar-refractivity contribution is 8.06. The summed E-state index contributed by atoms with van der Waals surface area (Å²) < 4.78 is 40.1. The standard InChI is InChI=1S/C21H19F3N6S/c1-12(16-4-3-5-17(25)31-16)27-19-15-11-26-30(2)20(15)29-18(28-19)10-13-6-8-14(9-7-13)21(22,23)24/h4-9,11H,1,3,10,25H2,2H3,(H,27,28,29). The number of nitrogens with zero attached hydrogens (tertiary/aromatic N) is 4. The summed E-state index contributed by atoms with van der Waals surface area (Å²) in [6.07, 6.45) is 2.22. The van der Waals surface area contributed by atoms with Crippen LogP contribution < -0.4 is 11.1 Å². The molecule has 0 bridgehead atoms. The molecule has 0 aliphatic carbocycles. The zero-order valence-electron chi connectivity index (χ0n) is 16.6. The molecule has 0 spiro atoms. The molecule has 0 unspecified atom stereocenters. The van der Waals surface area contributed by atoms with Gasteiger partial charge in [-0.1, -0.05) is 42.6 Å². The lowest BCUT2D eigenvalue weighted by molar-refractivity contribution is -0.137. The van der Waals surface area contributed by atoms with E-state index < -0.39 is 11.7 Å². The van der Waals surface area contributed by atoms with Gasteiger partial charge in [0.05, 0.1) is 22.2 Å². The van der Waals surface area contributed by atoms with Gasteiger partial charge in [0.15, 0.2) is 5.65 Å². The Balaban J connectivity index is 1.62. The van der Waals surface area contributed by atoms with E-state index >= 15 is 0 Å². The topological polar surface area (TPSA) is 81.7 Å². The SMILES string of the molecule is C=C(Nc1nc(Cc2ccc(C(F)(F)F)cc2)nc2c1cnn2C)C1=CCC=C(N)S1. The maximum Gasteiger partial charge on any atom is 0.416 e. The monoisotopic (exact) mass is 444 g/mol. The molecule has 3 heterocycles. The van der Waals surface area contributed by atoms with E-state index in [9.17, 15) is 13.2 Å². The van der Waals surface area contributed by atoms with Crippen LogP contribution in [0.1, 0.15) is 23.4 Å². The van der Waals surface area contributed by atoms with Crippen LogP contribution in [0.25, 0.3) is 11.0 Å². The van der Waals surface area contributed by atoms with Crippen LogP contribution in [0.2, 0.25) is 0 Å². The lowest BCUT2D eigenvalue weighted by Gasteiger charge is -2.16. The number of thioether (sulfide) groups is 1. The van der Waals surface area contributed by atoms with Crippen LogP contribution in [-0.4, -0.2) is 19.7 Å². The summed E-state index contributed by atoms with van der Waals surface area (Å²) in [5.41, 5.74) is 7.13. The van der Waals surface area contributed by atoms with Crippen molar-refractivity contribution >= 4 is 28.6 Å². The van der Waals surface area contributed by atoms with Crippen LogP contribution in [0.15, 0.2) is 64.8 Å². The fourth-order valence-electron chi connectivity index (χ4n) is 3.12. The molecule has 3 N–H and O–H groups in total. The molecule has 160 valence electrons. The third-order valence-corrected chi connectivity index (χ3v) is 5.73. The average Bonchev–Trinajstić information content (AvgIpc) is 3.09. The molecule has 0 amide bonds. The number of aromatic nitrogens is 4. The molecule has 0 fully saturated rings. The van der Waals surface area contributed by atoms with Gasteiger partial charge in [-0.2, -0.15) is 18.3 Å². The van der Waals surface area contributed by atoms with E-state index in [1.807, 2.05) is 12.2 Å². The van der Waals surface area contributed by atoms with Gasteiger partial charge in [0.2, 0.25) is 0 Å². The molecule has 1 aliphatic heterocycles. The minimum atomic E-state index is -4.37. The van der Waals surface area contributed by atoms with Gasteiger partial charge in [0.1, 0.15) is 11.6 Å². The van der Waals surface area contributed by atoms with E-state index in [1.165, 1.54) is 23.9 Å². The molecule has 0 saturated heterocycles. The minimum Gasteiger partial charge on any atom is -0.394 e. The maximum atomic E-state index is 12.8. The first-order chi connectivity index (χ1) is 14.7. The molecule has 3 aromatic rings. The van der Waals surface area contributed by atoms with Gasteiger partial charge in [0.25, 0.3) is 0 Å². The quantitative estimate of drug-likeness (QED) is 0.593. The van der Waals surface area contributed by atoms with Crippen molar-refractivity contribution in [2.75, 3.05) is 5.32 Å². The van der Waals surface area contributed by atoms with Crippen LogP contribution in [0.4, 0.5) is 19.0 Å². The second-order valence-corrected chi connectivity index (χ2v) is 8.10. The van der Waals surface area contributed by atoms with Crippen molar-refractivity contribution in [3.05, 3.63) is 81.8 Å². The maximum absolute atomic E-state index is 12.8. The first-order valence-corrected chi connectivity index (χ1v) is 10.2. The third kappa shape index (κ3) is 4.58. The van der Waals surface area contributed by atoms with E-state index in [4.69, 9.17) is 5.73 Å². The van der Waals surface area contributed by atoms with E-state index in [0.29, 0.717) is 39.0 Å². The minimum absolute atomic E-state index is 0.271. The highest BCUT2D eigenvalue weighted by Crippen LogP contribution is 2.33. The number of aryl methyl sites for hydroxylation is 1. The number of hydrogen-bond acceptors (Lipinski definition) is 6. The van der Waals surface area contributed by atoms with Crippen molar-refractivity contribution in [1.29, 1.82) is 0 Å². The molecule has 31 heavy (non-hydrogen) atoms. The zero-order valence-corrected chi connectivity index (χ0v) is 17.4. The summed E-state index contributed by atoms with van der Waals surface area (Å²) in [5.74, 6) is 0.982. The summed E-state index contributed by atoms with van der Waals surface area (Å²) >= 11 is 1.42. The molecule has 1 aromatic carbocycles. The van der Waals surface area contributed by atoms with Crippen LogP contribution in [0.3, 0.4) is 0 Å². The fourth-order valence-corrected chi connectivity index (χ4v) is 3.90. The van der Waals surface area contributed by atoms with Crippen LogP contribution >= 0.6 is 11.8 Å². The summed E-state index contributed by atoms with van der Waals surface area (Å²) in [4.78, 5) is 10.0. The Bertz CT molecular complexity index is 1210. The molecular formula is C21H19F3N6S. The molecule has 2 aromatic heterocycles. The lowest BCUT2D eigenvalue weighted by atomic mass is 10.1. The highest BCUT2D eigenvalue weighted by Gasteiger charge is 2.30. The van der Waals surface area contributed by atoms with Crippen molar-refractivity contribution in [2.45, 2.75) is 19.0 Å². The number of nitrogens with one attached hydrogen (secondary N) is 1. The Morgan fingerprint density at radius 2 is 1.97 bits per heavy atom. The first-order valence-electron chi connectivity index (χ1n) is 9.35. The number of alkyl halides is 3. The normalized spacial score (nSPS) is 14.3. The van der Waals surface area contributed by atoms with E-state index in [-0.39, 0.29) is 6.42 Å². The zero-order chi connectivity index (χ0) is 22.2. The molecule has 6 nitrogen and oxygen atoms in total. The van der Waals surface area contributed by atoms with E-state index in [0.717, 1.165) is 23.5 Å². The van der Waals surface area contributed by atoms with E-state index in [2.05, 4.69) is 27.0 Å².